The first kappa shape index (κ1) is 13.5. The van der Waals surface area contributed by atoms with Crippen molar-refractivity contribution in [3.63, 3.8) is 0 Å². The van der Waals surface area contributed by atoms with Gasteiger partial charge in [-0.1, -0.05) is 0 Å². The van der Waals surface area contributed by atoms with Crippen molar-refractivity contribution in [1.29, 1.82) is 0 Å². The number of ether oxygens (including phenoxy) is 1. The first-order valence-corrected chi connectivity index (χ1v) is 6.16. The molecular weight excluding hydrogens is 317 g/mol. The Morgan fingerprint density at radius 3 is 2.74 bits per heavy atom. The topological polar surface area (TPSA) is 59.2 Å². The van der Waals surface area contributed by atoms with E-state index in [9.17, 15) is 14.0 Å². The number of hydrogen-bond donors (Lipinski definition) is 1. The van der Waals surface area contributed by atoms with Crippen molar-refractivity contribution in [1.82, 2.24) is 4.98 Å². The smallest absolute Gasteiger partial charge is 0.339 e. The van der Waals surface area contributed by atoms with Gasteiger partial charge in [-0.2, -0.15) is 0 Å². The molecule has 0 atom stereocenters. The molecule has 19 heavy (non-hydrogen) atoms. The highest BCUT2D eigenvalue weighted by Gasteiger charge is 2.15. The lowest BCUT2D eigenvalue weighted by Crippen LogP contribution is -2.15. The molecular formula is C13H9BrFNO3. The van der Waals surface area contributed by atoms with Gasteiger partial charge >= 0.3 is 5.97 Å². The molecule has 6 heteroatoms. The third kappa shape index (κ3) is 3.29. The van der Waals surface area contributed by atoms with Crippen molar-refractivity contribution >= 4 is 27.7 Å². The molecule has 0 saturated heterocycles. The van der Waals surface area contributed by atoms with E-state index in [4.69, 9.17) is 4.74 Å². The van der Waals surface area contributed by atoms with Crippen LogP contribution in [-0.2, 0) is 4.74 Å². The fourth-order valence-corrected chi connectivity index (χ4v) is 1.96. The molecule has 2 aromatic rings. The molecule has 0 radical (unpaired) electrons. The van der Waals surface area contributed by atoms with Gasteiger partial charge in [-0.05, 0) is 46.3 Å². The molecule has 1 aromatic carbocycles. The van der Waals surface area contributed by atoms with Crippen LogP contribution in [0.2, 0.25) is 0 Å². The number of benzene rings is 1. The summed E-state index contributed by atoms with van der Waals surface area (Å²) in [6.45, 7) is -0.372. The number of carbonyl (C=O) groups excluding carboxylic acids is 2. The summed E-state index contributed by atoms with van der Waals surface area (Å²) in [5.41, 5.74) is 0.534. The number of nitrogens with one attached hydrogen (secondary N) is 1. The fraction of sp³-hybridized carbons (Fsp3) is 0.0769. The van der Waals surface area contributed by atoms with Gasteiger partial charge in [0.05, 0.1) is 11.3 Å². The highest BCUT2D eigenvalue weighted by atomic mass is 79.9. The lowest BCUT2D eigenvalue weighted by molar-refractivity contribution is 0.0472. The van der Waals surface area contributed by atoms with Crippen molar-refractivity contribution in [3.8, 4) is 0 Å². The minimum Gasteiger partial charge on any atom is -0.454 e. The Bertz CT molecular complexity index is 610. The van der Waals surface area contributed by atoms with E-state index in [1.165, 1.54) is 6.07 Å². The lowest BCUT2D eigenvalue weighted by Gasteiger charge is -2.05. The SMILES string of the molecule is O=C(COC(=O)c1ccc(F)cc1Br)c1ccc[nH]1. The van der Waals surface area contributed by atoms with Crippen LogP contribution in [0, 0.1) is 5.82 Å². The number of aromatic amines is 1. The second kappa shape index (κ2) is 5.79. The summed E-state index contributed by atoms with van der Waals surface area (Å²) in [5, 5.41) is 0. The maximum absolute atomic E-state index is 12.9. The molecule has 0 saturated carbocycles. The van der Waals surface area contributed by atoms with Gasteiger partial charge in [0, 0.05) is 10.7 Å². The standard InChI is InChI=1S/C13H9BrFNO3/c14-10-6-8(15)3-4-9(10)13(18)19-7-12(17)11-2-1-5-16-11/h1-6,16H,7H2. The zero-order chi connectivity index (χ0) is 13.8. The third-order valence-corrected chi connectivity index (χ3v) is 3.04. The maximum Gasteiger partial charge on any atom is 0.339 e. The second-order valence-electron chi connectivity index (χ2n) is 3.71. The van der Waals surface area contributed by atoms with E-state index in [-0.39, 0.29) is 22.4 Å². The van der Waals surface area contributed by atoms with Gasteiger partial charge in [-0.25, -0.2) is 9.18 Å². The van der Waals surface area contributed by atoms with Crippen molar-refractivity contribution in [2.45, 2.75) is 0 Å². The van der Waals surface area contributed by atoms with Crippen LogP contribution in [0.3, 0.4) is 0 Å². The molecule has 2 rings (SSSR count). The van der Waals surface area contributed by atoms with E-state index in [0.717, 1.165) is 12.1 Å². The quantitative estimate of drug-likeness (QED) is 0.694. The Kier molecular flexibility index (Phi) is 4.11. The first-order chi connectivity index (χ1) is 9.08. The zero-order valence-electron chi connectivity index (χ0n) is 9.65. The number of H-pyrrole nitrogens is 1. The number of Topliss-reactive ketones (excluding diaryl/α,β-unsaturated/α-hetero) is 1. The van der Waals surface area contributed by atoms with Gasteiger partial charge < -0.3 is 9.72 Å². The number of hydrogen-bond acceptors (Lipinski definition) is 3. The van der Waals surface area contributed by atoms with Gasteiger partial charge in [0.1, 0.15) is 5.82 Å². The zero-order valence-corrected chi connectivity index (χ0v) is 11.2. The number of esters is 1. The summed E-state index contributed by atoms with van der Waals surface area (Å²) in [5.74, 6) is -1.49. The molecule has 0 spiro atoms. The number of aromatic nitrogens is 1. The number of carbonyl (C=O) groups is 2. The van der Waals surface area contributed by atoms with E-state index < -0.39 is 11.8 Å². The van der Waals surface area contributed by atoms with Gasteiger partial charge in [0.2, 0.25) is 5.78 Å². The van der Waals surface area contributed by atoms with Gasteiger partial charge in [-0.3, -0.25) is 4.79 Å². The second-order valence-corrected chi connectivity index (χ2v) is 4.56. The maximum atomic E-state index is 12.9. The van der Waals surface area contributed by atoms with Crippen LogP contribution >= 0.6 is 15.9 Å². The molecule has 1 aromatic heterocycles. The Hall–Kier alpha value is -1.95. The lowest BCUT2D eigenvalue weighted by atomic mass is 10.2. The van der Waals surface area contributed by atoms with Crippen molar-refractivity contribution in [3.05, 3.63) is 58.1 Å². The molecule has 4 nitrogen and oxygen atoms in total. The van der Waals surface area contributed by atoms with Crippen LogP contribution < -0.4 is 0 Å². The number of ketones is 1. The van der Waals surface area contributed by atoms with Crippen molar-refractivity contribution in [2.75, 3.05) is 6.61 Å². The summed E-state index contributed by atoms with van der Waals surface area (Å²) in [6.07, 6.45) is 1.60. The van der Waals surface area contributed by atoms with Gasteiger partial charge in [0.15, 0.2) is 6.61 Å². The van der Waals surface area contributed by atoms with Crippen LogP contribution in [0.4, 0.5) is 4.39 Å². The molecule has 98 valence electrons. The predicted molar refractivity (Wildman–Crippen MR) is 69.5 cm³/mol. The van der Waals surface area contributed by atoms with Crippen LogP contribution in [0.15, 0.2) is 41.0 Å². The third-order valence-electron chi connectivity index (χ3n) is 2.38. The van der Waals surface area contributed by atoms with Crippen LogP contribution in [-0.4, -0.2) is 23.3 Å². The molecule has 0 aliphatic heterocycles. The van der Waals surface area contributed by atoms with Crippen molar-refractivity contribution < 1.29 is 18.7 Å². The fourth-order valence-electron chi connectivity index (χ4n) is 1.45. The van der Waals surface area contributed by atoms with Crippen molar-refractivity contribution in [2.24, 2.45) is 0 Å². The number of halogens is 2. The summed E-state index contributed by atoms with van der Waals surface area (Å²) < 4.78 is 18.0. The van der Waals surface area contributed by atoms with Crippen LogP contribution in [0.25, 0.3) is 0 Å². The molecule has 0 unspecified atom stereocenters. The summed E-state index contributed by atoms with van der Waals surface area (Å²) in [7, 11) is 0. The summed E-state index contributed by atoms with van der Waals surface area (Å²) in [4.78, 5) is 26.0. The highest BCUT2D eigenvalue weighted by molar-refractivity contribution is 9.10. The summed E-state index contributed by atoms with van der Waals surface area (Å²) >= 11 is 3.06. The largest absolute Gasteiger partial charge is 0.454 e. The van der Waals surface area contributed by atoms with E-state index in [1.54, 1.807) is 18.3 Å². The minimum atomic E-state index is -0.688. The Balaban J connectivity index is 2.00. The summed E-state index contributed by atoms with van der Waals surface area (Å²) in [6, 6.07) is 6.86. The average Bonchev–Trinajstić information content (AvgIpc) is 2.89. The highest BCUT2D eigenvalue weighted by Crippen LogP contribution is 2.18. The Labute approximate surface area is 116 Å². The number of rotatable bonds is 4. The first-order valence-electron chi connectivity index (χ1n) is 5.36. The molecule has 0 aliphatic carbocycles. The molecule has 0 amide bonds. The normalized spacial score (nSPS) is 10.2. The van der Waals surface area contributed by atoms with E-state index >= 15 is 0 Å². The van der Waals surface area contributed by atoms with E-state index in [0.29, 0.717) is 5.69 Å². The predicted octanol–water partition coefficient (Wildman–Crippen LogP) is 2.96. The Morgan fingerprint density at radius 1 is 1.32 bits per heavy atom. The molecule has 0 aliphatic rings. The Morgan fingerprint density at radius 2 is 2.11 bits per heavy atom. The van der Waals surface area contributed by atoms with Crippen LogP contribution in [0.5, 0.6) is 0 Å². The molecule has 0 bridgehead atoms. The van der Waals surface area contributed by atoms with Gasteiger partial charge in [-0.15, -0.1) is 0 Å². The molecule has 0 fully saturated rings. The van der Waals surface area contributed by atoms with E-state index in [2.05, 4.69) is 20.9 Å². The average molecular weight is 326 g/mol. The van der Waals surface area contributed by atoms with Gasteiger partial charge in [0.25, 0.3) is 0 Å². The monoisotopic (exact) mass is 325 g/mol. The minimum absolute atomic E-state index is 0.167. The molecule has 1 heterocycles. The van der Waals surface area contributed by atoms with Crippen LogP contribution in [0.1, 0.15) is 20.8 Å². The molecule has 1 N–H and O–H groups in total. The van der Waals surface area contributed by atoms with E-state index in [1.807, 2.05) is 0 Å².